The van der Waals surface area contributed by atoms with Crippen LogP contribution in [0.2, 0.25) is 0 Å². The smallest absolute Gasteiger partial charge is 0.0533 e. The molecule has 16 heavy (non-hydrogen) atoms. The van der Waals surface area contributed by atoms with Gasteiger partial charge in [-0.15, -0.1) is 11.8 Å². The molecule has 3 N–H and O–H groups in total. The molecule has 4 nitrogen and oxygen atoms in total. The molecule has 0 bridgehead atoms. The lowest BCUT2D eigenvalue weighted by Gasteiger charge is -2.22. The van der Waals surface area contributed by atoms with Gasteiger partial charge in [-0.1, -0.05) is 6.92 Å². The van der Waals surface area contributed by atoms with E-state index in [2.05, 4.69) is 12.0 Å². The second kappa shape index (κ2) is 6.27. The first kappa shape index (κ1) is 13.5. The molecule has 0 spiro atoms. The van der Waals surface area contributed by atoms with Crippen LogP contribution in [-0.2, 0) is 7.05 Å². The lowest BCUT2D eigenvalue weighted by Crippen LogP contribution is -2.24. The Morgan fingerprint density at radius 1 is 1.56 bits per heavy atom. The molecule has 5 heteroatoms. The van der Waals surface area contributed by atoms with Crippen LogP contribution in [0.4, 0.5) is 0 Å². The van der Waals surface area contributed by atoms with Crippen LogP contribution in [0.3, 0.4) is 0 Å². The topological polar surface area (TPSA) is 64.1 Å². The summed E-state index contributed by atoms with van der Waals surface area (Å²) >= 11 is 1.81. The Morgan fingerprint density at radius 2 is 2.25 bits per heavy atom. The van der Waals surface area contributed by atoms with Crippen LogP contribution < -0.4 is 5.73 Å². The quantitative estimate of drug-likeness (QED) is 0.791. The molecular weight excluding hydrogens is 222 g/mol. The SMILES string of the molecule is CC(CCO)SC(c1cnn(C)c1)C(C)N. The summed E-state index contributed by atoms with van der Waals surface area (Å²) in [7, 11) is 1.91. The summed E-state index contributed by atoms with van der Waals surface area (Å²) in [6.07, 6.45) is 4.67. The average molecular weight is 243 g/mol. The number of hydrogen-bond donors (Lipinski definition) is 2. The fraction of sp³-hybridized carbons (Fsp3) is 0.727. The number of nitrogens with zero attached hydrogens (tertiary/aromatic N) is 2. The van der Waals surface area contributed by atoms with Crippen molar-refractivity contribution in [3.63, 3.8) is 0 Å². The minimum absolute atomic E-state index is 0.0790. The normalized spacial score (nSPS) is 17.1. The van der Waals surface area contributed by atoms with E-state index >= 15 is 0 Å². The molecule has 1 heterocycles. The number of thioether (sulfide) groups is 1. The van der Waals surface area contributed by atoms with E-state index in [4.69, 9.17) is 10.8 Å². The van der Waals surface area contributed by atoms with Crippen LogP contribution in [0.15, 0.2) is 12.4 Å². The van der Waals surface area contributed by atoms with Gasteiger partial charge in [0.25, 0.3) is 0 Å². The maximum Gasteiger partial charge on any atom is 0.0533 e. The average Bonchev–Trinajstić information content (AvgIpc) is 2.61. The van der Waals surface area contributed by atoms with Gasteiger partial charge in [0.05, 0.1) is 6.20 Å². The van der Waals surface area contributed by atoms with Gasteiger partial charge in [0, 0.05) is 42.0 Å². The van der Waals surface area contributed by atoms with E-state index in [1.165, 1.54) is 0 Å². The van der Waals surface area contributed by atoms with E-state index in [-0.39, 0.29) is 17.9 Å². The number of aliphatic hydroxyl groups excluding tert-OH is 1. The van der Waals surface area contributed by atoms with Gasteiger partial charge >= 0.3 is 0 Å². The third kappa shape index (κ3) is 3.81. The lowest BCUT2D eigenvalue weighted by atomic mass is 10.1. The maximum atomic E-state index is 8.90. The van der Waals surface area contributed by atoms with Crippen molar-refractivity contribution in [1.29, 1.82) is 0 Å². The van der Waals surface area contributed by atoms with E-state index in [1.807, 2.05) is 26.4 Å². The highest BCUT2D eigenvalue weighted by molar-refractivity contribution is 8.00. The molecule has 1 rings (SSSR count). The Balaban J connectivity index is 2.68. The summed E-state index contributed by atoms with van der Waals surface area (Å²) < 4.78 is 1.79. The Labute approximate surface area is 101 Å². The molecule has 1 aromatic rings. The first-order valence-corrected chi connectivity index (χ1v) is 6.49. The number of hydrogen-bond acceptors (Lipinski definition) is 4. The summed E-state index contributed by atoms with van der Waals surface area (Å²) in [4.78, 5) is 0. The Kier molecular flexibility index (Phi) is 5.31. The number of nitrogens with two attached hydrogens (primary N) is 1. The summed E-state index contributed by atoms with van der Waals surface area (Å²) in [5, 5.41) is 13.7. The molecule has 0 aliphatic carbocycles. The third-order valence-corrected chi connectivity index (χ3v) is 4.14. The van der Waals surface area contributed by atoms with Crippen LogP contribution in [-0.4, -0.2) is 32.8 Å². The Hall–Kier alpha value is -0.520. The zero-order valence-corrected chi connectivity index (χ0v) is 10.9. The van der Waals surface area contributed by atoms with Crippen molar-refractivity contribution in [3.8, 4) is 0 Å². The second-order valence-electron chi connectivity index (χ2n) is 4.19. The van der Waals surface area contributed by atoms with Crippen LogP contribution in [0.5, 0.6) is 0 Å². The van der Waals surface area contributed by atoms with E-state index in [0.29, 0.717) is 5.25 Å². The minimum atomic E-state index is 0.0790. The van der Waals surface area contributed by atoms with Crippen molar-refractivity contribution in [2.75, 3.05) is 6.61 Å². The molecule has 0 saturated carbocycles. The van der Waals surface area contributed by atoms with Crippen LogP contribution in [0.25, 0.3) is 0 Å². The van der Waals surface area contributed by atoms with Crippen molar-refractivity contribution < 1.29 is 5.11 Å². The van der Waals surface area contributed by atoms with E-state index in [1.54, 1.807) is 16.4 Å². The number of aryl methyl sites for hydroxylation is 1. The zero-order valence-electron chi connectivity index (χ0n) is 10.1. The van der Waals surface area contributed by atoms with E-state index in [9.17, 15) is 0 Å². The van der Waals surface area contributed by atoms with Crippen molar-refractivity contribution in [2.24, 2.45) is 12.8 Å². The molecule has 1 aromatic heterocycles. The molecule has 0 amide bonds. The van der Waals surface area contributed by atoms with Gasteiger partial charge in [0.2, 0.25) is 0 Å². The van der Waals surface area contributed by atoms with Crippen molar-refractivity contribution in [1.82, 2.24) is 9.78 Å². The third-order valence-electron chi connectivity index (χ3n) is 2.45. The summed E-state index contributed by atoms with van der Waals surface area (Å²) in [6, 6.07) is 0.0790. The van der Waals surface area contributed by atoms with Gasteiger partial charge in [-0.2, -0.15) is 5.10 Å². The largest absolute Gasteiger partial charge is 0.396 e. The van der Waals surface area contributed by atoms with Crippen LogP contribution in [0, 0.1) is 0 Å². The van der Waals surface area contributed by atoms with Gasteiger partial charge in [0.15, 0.2) is 0 Å². The minimum Gasteiger partial charge on any atom is -0.396 e. The standard InChI is InChI=1S/C11H21N3OS/c1-8(4-5-15)16-11(9(2)12)10-6-13-14(3)7-10/h6-9,11,15H,4-5,12H2,1-3H3. The highest BCUT2D eigenvalue weighted by Crippen LogP contribution is 2.35. The molecule has 0 fully saturated rings. The fourth-order valence-electron chi connectivity index (χ4n) is 1.59. The maximum absolute atomic E-state index is 8.90. The Bertz CT molecular complexity index is 314. The van der Waals surface area contributed by atoms with Crippen molar-refractivity contribution in [3.05, 3.63) is 18.0 Å². The van der Waals surface area contributed by atoms with Gasteiger partial charge in [-0.05, 0) is 13.3 Å². The predicted octanol–water partition coefficient (Wildman–Crippen LogP) is 1.31. The van der Waals surface area contributed by atoms with E-state index < -0.39 is 0 Å². The lowest BCUT2D eigenvalue weighted by molar-refractivity contribution is 0.288. The number of aliphatic hydroxyl groups is 1. The first-order valence-electron chi connectivity index (χ1n) is 5.55. The molecule has 3 atom stereocenters. The molecule has 0 aliphatic heterocycles. The monoisotopic (exact) mass is 243 g/mol. The van der Waals surface area contributed by atoms with Crippen molar-refractivity contribution in [2.45, 2.75) is 36.8 Å². The molecule has 0 saturated heterocycles. The summed E-state index contributed by atoms with van der Waals surface area (Å²) in [5.41, 5.74) is 7.16. The first-order chi connectivity index (χ1) is 7.54. The van der Waals surface area contributed by atoms with Gasteiger partial charge < -0.3 is 10.8 Å². The molecule has 0 aliphatic rings. The van der Waals surface area contributed by atoms with Crippen LogP contribution in [0.1, 0.15) is 31.1 Å². The highest BCUT2D eigenvalue weighted by atomic mass is 32.2. The van der Waals surface area contributed by atoms with Crippen LogP contribution >= 0.6 is 11.8 Å². The van der Waals surface area contributed by atoms with Crippen molar-refractivity contribution >= 4 is 11.8 Å². The molecular formula is C11H21N3OS. The molecule has 3 unspecified atom stereocenters. The van der Waals surface area contributed by atoms with Gasteiger partial charge in [-0.3, -0.25) is 4.68 Å². The molecule has 0 radical (unpaired) electrons. The second-order valence-corrected chi connectivity index (χ2v) is 5.77. The number of aromatic nitrogens is 2. The summed E-state index contributed by atoms with van der Waals surface area (Å²) in [5.74, 6) is 0. The highest BCUT2D eigenvalue weighted by Gasteiger charge is 2.20. The number of rotatable bonds is 6. The van der Waals surface area contributed by atoms with E-state index in [0.717, 1.165) is 12.0 Å². The molecule has 0 aromatic carbocycles. The van der Waals surface area contributed by atoms with Gasteiger partial charge in [0.1, 0.15) is 0 Å². The zero-order chi connectivity index (χ0) is 12.1. The fourth-order valence-corrected chi connectivity index (χ4v) is 2.86. The van der Waals surface area contributed by atoms with Gasteiger partial charge in [-0.25, -0.2) is 0 Å². The predicted molar refractivity (Wildman–Crippen MR) is 68.4 cm³/mol. The summed E-state index contributed by atoms with van der Waals surface area (Å²) in [6.45, 7) is 4.36. The Morgan fingerprint density at radius 3 is 2.69 bits per heavy atom. The molecule has 92 valence electrons.